The molecule has 0 aliphatic carbocycles. The van der Waals surface area contributed by atoms with E-state index in [1.807, 2.05) is 58.9 Å². The molecule has 0 saturated carbocycles. The Labute approximate surface area is 150 Å². The highest BCUT2D eigenvalue weighted by Crippen LogP contribution is 2.19. The predicted octanol–water partition coefficient (Wildman–Crippen LogP) is 2.77. The van der Waals surface area contributed by atoms with Crippen molar-refractivity contribution < 1.29 is 17.9 Å². The minimum Gasteiger partial charge on any atom is -0.444 e. The molecule has 1 atom stereocenters. The number of hydrogen-bond donors (Lipinski definition) is 0. The van der Waals surface area contributed by atoms with Crippen molar-refractivity contribution in [1.82, 2.24) is 9.21 Å². The molecule has 1 amide bonds. The van der Waals surface area contributed by atoms with E-state index in [2.05, 4.69) is 0 Å². The van der Waals surface area contributed by atoms with Crippen molar-refractivity contribution in [2.24, 2.45) is 0 Å². The molecule has 1 fully saturated rings. The molecular formula is C18H28N2O4S. The molecule has 0 radical (unpaired) electrons. The van der Waals surface area contributed by atoms with Gasteiger partial charge >= 0.3 is 6.09 Å². The topological polar surface area (TPSA) is 66.9 Å². The Morgan fingerprint density at radius 3 is 2.32 bits per heavy atom. The van der Waals surface area contributed by atoms with Crippen LogP contribution >= 0.6 is 0 Å². The molecule has 0 aromatic heterocycles. The zero-order valence-electron chi connectivity index (χ0n) is 15.7. The summed E-state index contributed by atoms with van der Waals surface area (Å²) in [5.74, 6) is -0.0214. The van der Waals surface area contributed by atoms with Crippen molar-refractivity contribution in [2.45, 2.75) is 52.0 Å². The second-order valence-corrected chi connectivity index (χ2v) is 9.59. The lowest BCUT2D eigenvalue weighted by molar-refractivity contribution is 0.00857. The number of ether oxygens (including phenoxy) is 1. The Morgan fingerprint density at radius 1 is 1.20 bits per heavy atom. The van der Waals surface area contributed by atoms with Crippen molar-refractivity contribution in [3.05, 3.63) is 35.4 Å². The van der Waals surface area contributed by atoms with Gasteiger partial charge < -0.3 is 9.64 Å². The summed E-state index contributed by atoms with van der Waals surface area (Å²) in [6.07, 6.45) is -0.393. The molecular weight excluding hydrogens is 340 g/mol. The SMILES string of the molecule is Cc1ccc(CS(=O)(=O)N2CCN(C(=O)OC(C)(C)C)[C@H](C)C2)cc1. The monoisotopic (exact) mass is 368 g/mol. The van der Waals surface area contributed by atoms with Crippen LogP contribution in [-0.2, 0) is 20.5 Å². The molecule has 6 nitrogen and oxygen atoms in total. The van der Waals surface area contributed by atoms with Gasteiger partial charge in [0.2, 0.25) is 10.0 Å². The summed E-state index contributed by atoms with van der Waals surface area (Å²) in [6.45, 7) is 10.2. The van der Waals surface area contributed by atoms with Gasteiger partial charge in [-0.2, -0.15) is 4.31 Å². The van der Waals surface area contributed by atoms with Gasteiger partial charge in [0, 0.05) is 25.7 Å². The van der Waals surface area contributed by atoms with Gasteiger partial charge in [-0.3, -0.25) is 0 Å². The molecule has 7 heteroatoms. The number of aryl methyl sites for hydroxylation is 1. The van der Waals surface area contributed by atoms with Crippen LogP contribution in [0.25, 0.3) is 0 Å². The Hall–Kier alpha value is -1.60. The second-order valence-electron chi connectivity index (χ2n) is 7.62. The van der Waals surface area contributed by atoms with E-state index in [1.165, 1.54) is 4.31 Å². The highest BCUT2D eigenvalue weighted by molar-refractivity contribution is 7.88. The van der Waals surface area contributed by atoms with Gasteiger partial charge in [0.25, 0.3) is 0 Å². The van der Waals surface area contributed by atoms with E-state index < -0.39 is 21.7 Å². The molecule has 1 saturated heterocycles. The van der Waals surface area contributed by atoms with Gasteiger partial charge in [-0.1, -0.05) is 29.8 Å². The normalized spacial score (nSPS) is 19.7. The molecule has 0 bridgehead atoms. The number of rotatable bonds is 3. The Morgan fingerprint density at radius 2 is 1.80 bits per heavy atom. The predicted molar refractivity (Wildman–Crippen MR) is 97.8 cm³/mol. The van der Waals surface area contributed by atoms with Crippen molar-refractivity contribution in [2.75, 3.05) is 19.6 Å². The molecule has 1 heterocycles. The molecule has 1 aromatic carbocycles. The number of carbonyl (C=O) groups is 1. The third-order valence-electron chi connectivity index (χ3n) is 4.08. The first-order valence-corrected chi connectivity index (χ1v) is 10.1. The fourth-order valence-corrected chi connectivity index (χ4v) is 4.35. The van der Waals surface area contributed by atoms with E-state index in [-0.39, 0.29) is 24.9 Å². The minimum atomic E-state index is -3.41. The summed E-state index contributed by atoms with van der Waals surface area (Å²) in [5, 5.41) is 0. The largest absolute Gasteiger partial charge is 0.444 e. The molecule has 25 heavy (non-hydrogen) atoms. The van der Waals surface area contributed by atoms with Crippen LogP contribution in [0.4, 0.5) is 4.79 Å². The van der Waals surface area contributed by atoms with Crippen LogP contribution in [0.3, 0.4) is 0 Å². The molecule has 1 aliphatic heterocycles. The fourth-order valence-electron chi connectivity index (χ4n) is 2.75. The number of benzene rings is 1. The van der Waals surface area contributed by atoms with E-state index in [0.29, 0.717) is 6.54 Å². The van der Waals surface area contributed by atoms with E-state index in [4.69, 9.17) is 4.74 Å². The minimum absolute atomic E-state index is 0.0214. The Kier molecular flexibility index (Phi) is 5.79. The Balaban J connectivity index is 2.01. The van der Waals surface area contributed by atoms with Crippen LogP contribution < -0.4 is 0 Å². The molecule has 0 unspecified atom stereocenters. The Bertz CT molecular complexity index is 708. The summed E-state index contributed by atoms with van der Waals surface area (Å²) in [6, 6.07) is 7.28. The third kappa shape index (κ3) is 5.44. The molecule has 0 spiro atoms. The highest BCUT2D eigenvalue weighted by Gasteiger charge is 2.35. The van der Waals surface area contributed by atoms with Crippen LogP contribution in [0.5, 0.6) is 0 Å². The smallest absolute Gasteiger partial charge is 0.410 e. The quantitative estimate of drug-likeness (QED) is 0.823. The lowest BCUT2D eigenvalue weighted by atomic mass is 10.2. The summed E-state index contributed by atoms with van der Waals surface area (Å²) >= 11 is 0. The van der Waals surface area contributed by atoms with Gasteiger partial charge in [0.05, 0.1) is 5.75 Å². The standard InChI is InChI=1S/C18H28N2O4S/c1-14-6-8-16(9-7-14)13-25(22,23)19-10-11-20(15(2)12-19)17(21)24-18(3,4)5/h6-9,15H,10-13H2,1-5H3/t15-/m1/s1. The van der Waals surface area contributed by atoms with E-state index in [1.54, 1.807) is 4.90 Å². The number of sulfonamides is 1. The van der Waals surface area contributed by atoms with E-state index in [0.717, 1.165) is 11.1 Å². The van der Waals surface area contributed by atoms with E-state index in [9.17, 15) is 13.2 Å². The van der Waals surface area contributed by atoms with E-state index >= 15 is 0 Å². The van der Waals surface area contributed by atoms with Gasteiger partial charge in [-0.25, -0.2) is 13.2 Å². The van der Waals surface area contributed by atoms with Gasteiger partial charge in [-0.05, 0) is 40.2 Å². The maximum Gasteiger partial charge on any atom is 0.410 e. The van der Waals surface area contributed by atoms with Crippen LogP contribution in [0, 0.1) is 6.92 Å². The second kappa shape index (κ2) is 7.33. The number of hydrogen-bond acceptors (Lipinski definition) is 4. The average Bonchev–Trinajstić information content (AvgIpc) is 2.47. The lowest BCUT2D eigenvalue weighted by Crippen LogP contribution is -2.56. The summed E-state index contributed by atoms with van der Waals surface area (Å²) < 4.78 is 32.2. The highest BCUT2D eigenvalue weighted by atomic mass is 32.2. The van der Waals surface area contributed by atoms with Gasteiger partial charge in [0.15, 0.2) is 0 Å². The number of amides is 1. The van der Waals surface area contributed by atoms with Crippen LogP contribution in [0.2, 0.25) is 0 Å². The molecule has 1 aliphatic rings. The van der Waals surface area contributed by atoms with Crippen molar-refractivity contribution >= 4 is 16.1 Å². The van der Waals surface area contributed by atoms with Crippen molar-refractivity contribution in [1.29, 1.82) is 0 Å². The molecule has 140 valence electrons. The zero-order valence-corrected chi connectivity index (χ0v) is 16.5. The molecule has 0 N–H and O–H groups in total. The summed E-state index contributed by atoms with van der Waals surface area (Å²) in [4.78, 5) is 13.8. The fraction of sp³-hybridized carbons (Fsp3) is 0.611. The van der Waals surface area contributed by atoms with Crippen molar-refractivity contribution in [3.63, 3.8) is 0 Å². The number of nitrogens with zero attached hydrogens (tertiary/aromatic N) is 2. The number of piperazine rings is 1. The first kappa shape index (κ1) is 19.7. The zero-order chi connectivity index (χ0) is 18.8. The maximum atomic E-state index is 12.7. The average molecular weight is 368 g/mol. The maximum absolute atomic E-state index is 12.7. The van der Waals surface area contributed by atoms with Crippen LogP contribution in [0.15, 0.2) is 24.3 Å². The first-order chi connectivity index (χ1) is 11.5. The molecule has 2 rings (SSSR count). The first-order valence-electron chi connectivity index (χ1n) is 8.51. The van der Waals surface area contributed by atoms with Gasteiger partial charge in [0.1, 0.15) is 5.60 Å². The lowest BCUT2D eigenvalue weighted by Gasteiger charge is -2.39. The number of carbonyl (C=O) groups excluding carboxylic acids is 1. The summed E-state index contributed by atoms with van der Waals surface area (Å²) in [5.41, 5.74) is 1.31. The van der Waals surface area contributed by atoms with Crippen LogP contribution in [0.1, 0.15) is 38.8 Å². The molecule has 1 aromatic rings. The van der Waals surface area contributed by atoms with Gasteiger partial charge in [-0.15, -0.1) is 0 Å². The summed E-state index contributed by atoms with van der Waals surface area (Å²) in [7, 11) is -3.41. The van der Waals surface area contributed by atoms with Crippen LogP contribution in [-0.4, -0.2) is 55.0 Å². The van der Waals surface area contributed by atoms with Crippen molar-refractivity contribution in [3.8, 4) is 0 Å². The third-order valence-corrected chi connectivity index (χ3v) is 5.90.